The van der Waals surface area contributed by atoms with Crippen LogP contribution >= 0.6 is 0 Å². The van der Waals surface area contributed by atoms with Crippen LogP contribution in [0.3, 0.4) is 0 Å². The standard InChI is InChI=1S/C16H28O6/c1-11(2)9-19-13(5)21-15(17)7-8-16(18)22-14(6)20-10-12(3)4/h7-8,11-14H,9-10H2,1-6H3. The van der Waals surface area contributed by atoms with Crippen LogP contribution < -0.4 is 0 Å². The molecule has 0 aliphatic carbocycles. The van der Waals surface area contributed by atoms with E-state index in [9.17, 15) is 9.59 Å². The molecule has 6 nitrogen and oxygen atoms in total. The van der Waals surface area contributed by atoms with E-state index in [1.807, 2.05) is 27.7 Å². The van der Waals surface area contributed by atoms with Gasteiger partial charge < -0.3 is 18.9 Å². The molecule has 0 aromatic carbocycles. The molecule has 6 heteroatoms. The normalized spacial score (nSPS) is 14.4. The van der Waals surface area contributed by atoms with Gasteiger partial charge in [0.05, 0.1) is 13.2 Å². The fraction of sp³-hybridized carbons (Fsp3) is 0.750. The van der Waals surface area contributed by atoms with Crippen LogP contribution in [-0.4, -0.2) is 37.7 Å². The Balaban J connectivity index is 4.02. The smallest absolute Gasteiger partial charge is 0.333 e. The Morgan fingerprint density at radius 1 is 0.727 bits per heavy atom. The van der Waals surface area contributed by atoms with Gasteiger partial charge in [-0.1, -0.05) is 27.7 Å². The van der Waals surface area contributed by atoms with Crippen LogP contribution in [-0.2, 0) is 28.5 Å². The molecule has 0 aromatic rings. The second-order valence-electron chi connectivity index (χ2n) is 5.80. The average Bonchev–Trinajstić information content (AvgIpc) is 2.40. The first-order valence-electron chi connectivity index (χ1n) is 7.53. The second-order valence-corrected chi connectivity index (χ2v) is 5.80. The number of ether oxygens (including phenoxy) is 4. The SMILES string of the molecule is CC(C)COC(C)OC(=O)C=CC(=O)OC(C)OCC(C)C. The van der Waals surface area contributed by atoms with Gasteiger partial charge in [0.15, 0.2) is 12.6 Å². The third kappa shape index (κ3) is 12.3. The molecule has 0 bridgehead atoms. The van der Waals surface area contributed by atoms with Crippen LogP contribution in [0.15, 0.2) is 12.2 Å². The van der Waals surface area contributed by atoms with Crippen molar-refractivity contribution in [1.29, 1.82) is 0 Å². The fourth-order valence-corrected chi connectivity index (χ4v) is 1.27. The number of rotatable bonds is 10. The Bertz CT molecular complexity index is 328. The van der Waals surface area contributed by atoms with Crippen molar-refractivity contribution in [2.75, 3.05) is 13.2 Å². The van der Waals surface area contributed by atoms with Crippen molar-refractivity contribution < 1.29 is 28.5 Å². The summed E-state index contributed by atoms with van der Waals surface area (Å²) in [5.41, 5.74) is 0. The van der Waals surface area contributed by atoms with Crippen molar-refractivity contribution in [3.05, 3.63) is 12.2 Å². The molecule has 0 aliphatic heterocycles. The molecule has 0 rings (SSSR count). The number of hydrogen-bond donors (Lipinski definition) is 0. The van der Waals surface area contributed by atoms with E-state index in [4.69, 9.17) is 18.9 Å². The second kappa shape index (κ2) is 11.2. The molecule has 2 unspecified atom stereocenters. The van der Waals surface area contributed by atoms with E-state index in [2.05, 4.69) is 0 Å². The van der Waals surface area contributed by atoms with Gasteiger partial charge in [-0.3, -0.25) is 0 Å². The van der Waals surface area contributed by atoms with Gasteiger partial charge in [0, 0.05) is 12.2 Å². The Morgan fingerprint density at radius 2 is 1.05 bits per heavy atom. The molecule has 0 saturated carbocycles. The molecule has 0 fully saturated rings. The molecule has 22 heavy (non-hydrogen) atoms. The van der Waals surface area contributed by atoms with Gasteiger partial charge in [0.2, 0.25) is 0 Å². The zero-order chi connectivity index (χ0) is 17.1. The monoisotopic (exact) mass is 316 g/mol. The zero-order valence-electron chi connectivity index (χ0n) is 14.3. The zero-order valence-corrected chi connectivity index (χ0v) is 14.3. The van der Waals surface area contributed by atoms with Crippen LogP contribution in [0, 0.1) is 11.8 Å². The van der Waals surface area contributed by atoms with Crippen LogP contribution in [0.5, 0.6) is 0 Å². The molecule has 0 spiro atoms. The predicted octanol–water partition coefficient (Wildman–Crippen LogP) is 2.67. The third-order valence-electron chi connectivity index (χ3n) is 2.25. The first kappa shape index (κ1) is 20.6. The Morgan fingerprint density at radius 3 is 1.32 bits per heavy atom. The summed E-state index contributed by atoms with van der Waals surface area (Å²) in [6.45, 7) is 12.2. The minimum atomic E-state index is -0.663. The summed E-state index contributed by atoms with van der Waals surface area (Å²) in [6.07, 6.45) is 0.687. The Kier molecular flexibility index (Phi) is 10.5. The van der Waals surface area contributed by atoms with E-state index in [0.717, 1.165) is 12.2 Å². The summed E-state index contributed by atoms with van der Waals surface area (Å²) in [5.74, 6) is -0.633. The van der Waals surface area contributed by atoms with E-state index >= 15 is 0 Å². The topological polar surface area (TPSA) is 71.1 Å². The van der Waals surface area contributed by atoms with E-state index in [-0.39, 0.29) is 0 Å². The van der Waals surface area contributed by atoms with Crippen molar-refractivity contribution in [3.63, 3.8) is 0 Å². The van der Waals surface area contributed by atoms with Gasteiger partial charge in [0.25, 0.3) is 0 Å². The number of hydrogen-bond acceptors (Lipinski definition) is 6. The molecular weight excluding hydrogens is 288 g/mol. The van der Waals surface area contributed by atoms with Crippen molar-refractivity contribution in [2.24, 2.45) is 11.8 Å². The molecule has 0 amide bonds. The molecule has 0 radical (unpaired) electrons. The maximum absolute atomic E-state index is 11.5. The summed E-state index contributed by atoms with van der Waals surface area (Å²) in [4.78, 5) is 23.0. The summed E-state index contributed by atoms with van der Waals surface area (Å²) >= 11 is 0. The van der Waals surface area contributed by atoms with Crippen molar-refractivity contribution >= 4 is 11.9 Å². The highest BCUT2D eigenvalue weighted by Gasteiger charge is 2.10. The van der Waals surface area contributed by atoms with Crippen LogP contribution in [0.1, 0.15) is 41.5 Å². The van der Waals surface area contributed by atoms with Gasteiger partial charge in [-0.05, 0) is 25.7 Å². The Labute approximate surface area is 132 Å². The van der Waals surface area contributed by atoms with Crippen LogP contribution in [0.25, 0.3) is 0 Å². The quantitative estimate of drug-likeness (QED) is 0.350. The molecule has 0 aliphatic rings. The molecular formula is C16H28O6. The summed E-state index contributed by atoms with van der Waals surface area (Å²) < 4.78 is 20.5. The molecule has 0 aromatic heterocycles. The first-order chi connectivity index (χ1) is 10.2. The number of carbonyl (C=O) groups excluding carboxylic acids is 2. The minimum absolute atomic E-state index is 0.346. The van der Waals surface area contributed by atoms with Crippen LogP contribution in [0.2, 0.25) is 0 Å². The summed E-state index contributed by atoms with van der Waals surface area (Å²) in [5, 5.41) is 0. The maximum Gasteiger partial charge on any atom is 0.333 e. The van der Waals surface area contributed by atoms with Crippen molar-refractivity contribution in [1.82, 2.24) is 0 Å². The average molecular weight is 316 g/mol. The molecule has 0 heterocycles. The third-order valence-corrected chi connectivity index (χ3v) is 2.25. The van der Waals surface area contributed by atoms with Gasteiger partial charge in [-0.2, -0.15) is 0 Å². The van der Waals surface area contributed by atoms with E-state index in [0.29, 0.717) is 25.0 Å². The lowest BCUT2D eigenvalue weighted by molar-refractivity contribution is -0.173. The molecule has 128 valence electrons. The molecule has 0 saturated heterocycles. The largest absolute Gasteiger partial charge is 0.433 e. The first-order valence-corrected chi connectivity index (χ1v) is 7.53. The lowest BCUT2D eigenvalue weighted by Gasteiger charge is -2.15. The van der Waals surface area contributed by atoms with Gasteiger partial charge in [0.1, 0.15) is 0 Å². The molecule has 2 atom stereocenters. The lowest BCUT2D eigenvalue weighted by atomic mass is 10.2. The van der Waals surface area contributed by atoms with E-state index in [1.165, 1.54) is 0 Å². The van der Waals surface area contributed by atoms with Gasteiger partial charge in [-0.25, -0.2) is 9.59 Å². The number of esters is 2. The van der Waals surface area contributed by atoms with E-state index < -0.39 is 24.5 Å². The minimum Gasteiger partial charge on any atom is -0.433 e. The number of carbonyl (C=O) groups is 2. The highest BCUT2D eigenvalue weighted by molar-refractivity contribution is 5.91. The van der Waals surface area contributed by atoms with Crippen molar-refractivity contribution in [2.45, 2.75) is 54.1 Å². The molecule has 0 N–H and O–H groups in total. The highest BCUT2D eigenvalue weighted by Crippen LogP contribution is 2.02. The van der Waals surface area contributed by atoms with E-state index in [1.54, 1.807) is 13.8 Å². The predicted molar refractivity (Wildman–Crippen MR) is 81.8 cm³/mol. The fourth-order valence-electron chi connectivity index (χ4n) is 1.27. The maximum atomic E-state index is 11.5. The summed E-state index contributed by atoms with van der Waals surface area (Å²) in [6, 6.07) is 0. The van der Waals surface area contributed by atoms with Gasteiger partial charge >= 0.3 is 11.9 Å². The van der Waals surface area contributed by atoms with Gasteiger partial charge in [-0.15, -0.1) is 0 Å². The Hall–Kier alpha value is -1.40. The summed E-state index contributed by atoms with van der Waals surface area (Å²) in [7, 11) is 0. The lowest BCUT2D eigenvalue weighted by Crippen LogP contribution is -2.20. The highest BCUT2D eigenvalue weighted by atomic mass is 16.7. The van der Waals surface area contributed by atoms with Crippen LogP contribution in [0.4, 0.5) is 0 Å². The van der Waals surface area contributed by atoms with Crippen molar-refractivity contribution in [3.8, 4) is 0 Å².